The SMILES string of the molecule is N#CC1CCCN1C(=O)CC1C2CC3CC(C2)CC1C3. The van der Waals surface area contributed by atoms with Gasteiger partial charge in [0.1, 0.15) is 6.04 Å². The van der Waals surface area contributed by atoms with Crippen LogP contribution in [0.15, 0.2) is 0 Å². The number of nitrogens with zero attached hydrogens (tertiary/aromatic N) is 2. The zero-order valence-electron chi connectivity index (χ0n) is 12.1. The van der Waals surface area contributed by atoms with Crippen molar-refractivity contribution in [3.63, 3.8) is 0 Å². The largest absolute Gasteiger partial charge is 0.327 e. The van der Waals surface area contributed by atoms with E-state index < -0.39 is 0 Å². The first kappa shape index (κ1) is 12.7. The number of likely N-dealkylation sites (tertiary alicyclic amines) is 1. The van der Waals surface area contributed by atoms with Crippen molar-refractivity contribution in [3.8, 4) is 6.07 Å². The molecule has 20 heavy (non-hydrogen) atoms. The molecule has 3 heteroatoms. The standard InChI is InChI=1S/C17H24N2O/c18-10-15-2-1-3-19(15)17(20)9-16-13-5-11-4-12(7-13)8-14(16)6-11/h11-16H,1-9H2. The van der Waals surface area contributed by atoms with Gasteiger partial charge in [-0.2, -0.15) is 5.26 Å². The number of carbonyl (C=O) groups is 1. The lowest BCUT2D eigenvalue weighted by Gasteiger charge is -2.54. The van der Waals surface area contributed by atoms with Gasteiger partial charge in [-0.1, -0.05) is 0 Å². The van der Waals surface area contributed by atoms with Gasteiger partial charge in [-0.25, -0.2) is 0 Å². The molecule has 5 rings (SSSR count). The molecule has 0 aromatic carbocycles. The van der Waals surface area contributed by atoms with Crippen molar-refractivity contribution in [2.75, 3.05) is 6.54 Å². The fraction of sp³-hybridized carbons (Fsp3) is 0.882. The summed E-state index contributed by atoms with van der Waals surface area (Å²) in [7, 11) is 0. The second-order valence-corrected chi connectivity index (χ2v) is 7.67. The smallest absolute Gasteiger partial charge is 0.223 e. The fourth-order valence-electron chi connectivity index (χ4n) is 5.89. The van der Waals surface area contributed by atoms with Crippen LogP contribution in [0.3, 0.4) is 0 Å². The highest BCUT2D eigenvalue weighted by molar-refractivity contribution is 5.77. The summed E-state index contributed by atoms with van der Waals surface area (Å²) in [6.07, 6.45) is 9.61. The number of amides is 1. The predicted octanol–water partition coefficient (Wildman–Crippen LogP) is 2.96. The Morgan fingerprint density at radius 2 is 1.75 bits per heavy atom. The Morgan fingerprint density at radius 1 is 1.10 bits per heavy atom. The summed E-state index contributed by atoms with van der Waals surface area (Å²) in [5, 5.41) is 9.15. The van der Waals surface area contributed by atoms with Crippen molar-refractivity contribution in [2.45, 2.75) is 57.4 Å². The maximum absolute atomic E-state index is 12.6. The summed E-state index contributed by atoms with van der Waals surface area (Å²) in [4.78, 5) is 14.4. The highest BCUT2D eigenvalue weighted by Gasteiger charge is 2.49. The average molecular weight is 272 g/mol. The molecule has 108 valence electrons. The molecule has 0 N–H and O–H groups in total. The monoisotopic (exact) mass is 272 g/mol. The summed E-state index contributed by atoms with van der Waals surface area (Å²) in [6, 6.07) is 2.16. The maximum atomic E-state index is 12.6. The van der Waals surface area contributed by atoms with Gasteiger partial charge >= 0.3 is 0 Å². The molecule has 4 aliphatic carbocycles. The van der Waals surface area contributed by atoms with E-state index in [1.54, 1.807) is 0 Å². The van der Waals surface area contributed by atoms with Crippen molar-refractivity contribution >= 4 is 5.91 Å². The van der Waals surface area contributed by atoms with Gasteiger partial charge in [0.2, 0.25) is 5.91 Å². The van der Waals surface area contributed by atoms with Gasteiger partial charge in [-0.05, 0) is 74.5 Å². The van der Waals surface area contributed by atoms with Crippen LogP contribution in [0.1, 0.15) is 51.4 Å². The molecule has 5 aliphatic rings. The van der Waals surface area contributed by atoms with E-state index in [0.717, 1.165) is 49.5 Å². The van der Waals surface area contributed by atoms with Crippen LogP contribution in [0.5, 0.6) is 0 Å². The molecule has 0 aromatic heterocycles. The van der Waals surface area contributed by atoms with Crippen LogP contribution in [0, 0.1) is 40.9 Å². The molecular weight excluding hydrogens is 248 g/mol. The van der Waals surface area contributed by atoms with E-state index in [1.807, 2.05) is 4.90 Å². The Labute approximate surface area is 121 Å². The topological polar surface area (TPSA) is 44.1 Å². The number of hydrogen-bond acceptors (Lipinski definition) is 2. The highest BCUT2D eigenvalue weighted by Crippen LogP contribution is 2.57. The normalized spacial score (nSPS) is 45.6. The first-order valence-electron chi connectivity index (χ1n) is 8.43. The van der Waals surface area contributed by atoms with E-state index in [4.69, 9.17) is 5.26 Å². The van der Waals surface area contributed by atoms with E-state index in [-0.39, 0.29) is 11.9 Å². The maximum Gasteiger partial charge on any atom is 0.223 e. The van der Waals surface area contributed by atoms with Crippen LogP contribution >= 0.6 is 0 Å². The first-order chi connectivity index (χ1) is 9.74. The third-order valence-electron chi connectivity index (χ3n) is 6.55. The van der Waals surface area contributed by atoms with Crippen LogP contribution in [-0.2, 0) is 4.79 Å². The number of nitriles is 1. The van der Waals surface area contributed by atoms with Crippen LogP contribution in [0.25, 0.3) is 0 Å². The van der Waals surface area contributed by atoms with Gasteiger partial charge in [0.05, 0.1) is 6.07 Å². The molecule has 1 saturated heterocycles. The molecular formula is C17H24N2O. The van der Waals surface area contributed by atoms with Crippen molar-refractivity contribution in [2.24, 2.45) is 29.6 Å². The fourth-order valence-corrected chi connectivity index (χ4v) is 5.89. The molecule has 1 amide bonds. The van der Waals surface area contributed by atoms with Gasteiger partial charge in [0.25, 0.3) is 0 Å². The first-order valence-corrected chi connectivity index (χ1v) is 8.43. The Bertz CT molecular complexity index is 424. The summed E-state index contributed by atoms with van der Waals surface area (Å²) in [5.74, 6) is 4.49. The molecule has 1 unspecified atom stereocenters. The molecule has 1 aliphatic heterocycles. The number of carbonyl (C=O) groups excluding carboxylic acids is 1. The van der Waals surface area contributed by atoms with E-state index in [9.17, 15) is 4.79 Å². The van der Waals surface area contributed by atoms with E-state index in [1.165, 1.54) is 32.1 Å². The Morgan fingerprint density at radius 3 is 2.35 bits per heavy atom. The van der Waals surface area contributed by atoms with Gasteiger partial charge in [0.15, 0.2) is 0 Å². The zero-order chi connectivity index (χ0) is 13.7. The van der Waals surface area contributed by atoms with Crippen LogP contribution in [0.2, 0.25) is 0 Å². The molecule has 1 atom stereocenters. The van der Waals surface area contributed by atoms with Crippen LogP contribution in [-0.4, -0.2) is 23.4 Å². The zero-order valence-corrected chi connectivity index (χ0v) is 12.1. The lowest BCUT2D eigenvalue weighted by Crippen LogP contribution is -2.47. The summed E-state index contributed by atoms with van der Waals surface area (Å²) >= 11 is 0. The Kier molecular flexibility index (Phi) is 3.02. The van der Waals surface area contributed by atoms with Gasteiger partial charge in [0, 0.05) is 13.0 Å². The molecule has 4 bridgehead atoms. The molecule has 0 radical (unpaired) electrons. The summed E-state index contributed by atoms with van der Waals surface area (Å²) in [5.41, 5.74) is 0. The molecule has 0 aromatic rings. The van der Waals surface area contributed by atoms with Crippen molar-refractivity contribution < 1.29 is 4.79 Å². The Hall–Kier alpha value is -1.04. The second-order valence-electron chi connectivity index (χ2n) is 7.67. The molecule has 3 nitrogen and oxygen atoms in total. The molecule has 5 fully saturated rings. The number of hydrogen-bond donors (Lipinski definition) is 0. The minimum absolute atomic E-state index is 0.140. The minimum atomic E-state index is -0.140. The predicted molar refractivity (Wildman–Crippen MR) is 75.5 cm³/mol. The van der Waals surface area contributed by atoms with Crippen molar-refractivity contribution in [1.29, 1.82) is 5.26 Å². The van der Waals surface area contributed by atoms with E-state index >= 15 is 0 Å². The lowest BCUT2D eigenvalue weighted by molar-refractivity contribution is -0.136. The van der Waals surface area contributed by atoms with Crippen LogP contribution in [0.4, 0.5) is 0 Å². The molecule has 0 spiro atoms. The lowest BCUT2D eigenvalue weighted by atomic mass is 9.51. The number of rotatable bonds is 2. The molecule has 4 saturated carbocycles. The minimum Gasteiger partial charge on any atom is -0.327 e. The van der Waals surface area contributed by atoms with E-state index in [2.05, 4.69) is 6.07 Å². The van der Waals surface area contributed by atoms with Gasteiger partial charge in [-0.15, -0.1) is 0 Å². The summed E-state index contributed by atoms with van der Waals surface area (Å²) < 4.78 is 0. The third-order valence-corrected chi connectivity index (χ3v) is 6.55. The van der Waals surface area contributed by atoms with Gasteiger partial charge in [-0.3, -0.25) is 4.79 Å². The second kappa shape index (κ2) is 4.76. The van der Waals surface area contributed by atoms with Crippen molar-refractivity contribution in [1.82, 2.24) is 4.90 Å². The van der Waals surface area contributed by atoms with E-state index in [0.29, 0.717) is 5.92 Å². The van der Waals surface area contributed by atoms with Gasteiger partial charge < -0.3 is 4.90 Å². The highest BCUT2D eigenvalue weighted by atomic mass is 16.2. The quantitative estimate of drug-likeness (QED) is 0.775. The van der Waals surface area contributed by atoms with Crippen LogP contribution < -0.4 is 0 Å². The van der Waals surface area contributed by atoms with Crippen molar-refractivity contribution in [3.05, 3.63) is 0 Å². The average Bonchev–Trinajstić information content (AvgIpc) is 2.90. The third kappa shape index (κ3) is 1.96. The Balaban J connectivity index is 1.44. The summed E-state index contributed by atoms with van der Waals surface area (Å²) in [6.45, 7) is 0.810. The molecule has 1 heterocycles.